The maximum Gasteiger partial charge on any atom is 1.00 e. The molecule has 0 unspecified atom stereocenters. The van der Waals surface area contributed by atoms with Gasteiger partial charge in [0, 0.05) is 23.1 Å². The number of ketones is 1. The molecule has 0 atom stereocenters. The van der Waals surface area contributed by atoms with E-state index in [1.807, 2.05) is 0 Å². The molecule has 4 rings (SSSR count). The van der Waals surface area contributed by atoms with Crippen LogP contribution < -0.4 is 58.3 Å². The first kappa shape index (κ1) is 30.9. The fraction of sp³-hybridized carbons (Fsp3) is 0.214. The van der Waals surface area contributed by atoms with Gasteiger partial charge in [0.15, 0.2) is 28.8 Å². The van der Waals surface area contributed by atoms with Gasteiger partial charge < -0.3 is 33.6 Å². The van der Waals surface area contributed by atoms with E-state index in [2.05, 4.69) is 8.75 Å². The molecule has 0 saturated carbocycles. The van der Waals surface area contributed by atoms with Crippen molar-refractivity contribution in [1.82, 2.24) is 8.75 Å². The number of carbonyl (C=O) groups excluding carboxylic acids is 2. The van der Waals surface area contributed by atoms with Gasteiger partial charge in [0.2, 0.25) is 5.75 Å². The van der Waals surface area contributed by atoms with Gasteiger partial charge in [-0.1, -0.05) is 12.1 Å². The Kier molecular flexibility index (Phi) is 10.5. The molecule has 40 heavy (non-hydrogen) atoms. The van der Waals surface area contributed by atoms with E-state index in [1.165, 1.54) is 47.7 Å². The van der Waals surface area contributed by atoms with Gasteiger partial charge in [-0.3, -0.25) is 4.79 Å². The Morgan fingerprint density at radius 3 is 1.93 bits per heavy atom. The summed E-state index contributed by atoms with van der Waals surface area (Å²) in [4.78, 5) is 26.8. The minimum Gasteiger partial charge on any atom is -0.545 e. The van der Waals surface area contributed by atoms with Gasteiger partial charge >= 0.3 is 29.6 Å². The van der Waals surface area contributed by atoms with E-state index in [4.69, 9.17) is 23.7 Å². The van der Waals surface area contributed by atoms with Crippen molar-refractivity contribution in [2.24, 2.45) is 0 Å². The van der Waals surface area contributed by atoms with Gasteiger partial charge in [-0.05, 0) is 47.5 Å². The normalized spacial score (nSPS) is 11.2. The standard InChI is InChI=1S/C28H26N2O8S.Na/c1-34-21-9-6-15(11-22(21)35-2)10-18(25(28(32)33)16-7-8-19-20(12-16)30-39-29-19)26(31)17-13-23(36-3)27(38-5)24(14-17)37-4;/h6-9,11-14H,10H2,1-5H3,(H,32,33);/q;+1/p-1/b25-18+;. The Labute approximate surface area is 257 Å². The largest absolute Gasteiger partial charge is 1.00 e. The Morgan fingerprint density at radius 2 is 1.35 bits per heavy atom. The zero-order valence-electron chi connectivity index (χ0n) is 22.9. The number of nitrogens with zero attached hydrogens (tertiary/aromatic N) is 2. The van der Waals surface area contributed by atoms with Crippen molar-refractivity contribution in [3.05, 3.63) is 70.8 Å². The van der Waals surface area contributed by atoms with Gasteiger partial charge in [0.1, 0.15) is 11.0 Å². The summed E-state index contributed by atoms with van der Waals surface area (Å²) in [7, 11) is 7.30. The number of benzene rings is 3. The summed E-state index contributed by atoms with van der Waals surface area (Å²) in [6, 6.07) is 12.8. The molecular weight excluding hydrogens is 547 g/mol. The number of allylic oxidation sites excluding steroid dienone is 1. The number of ether oxygens (including phenoxy) is 5. The first-order chi connectivity index (χ1) is 18.8. The number of aliphatic carboxylic acids is 1. The Bertz CT molecular complexity index is 1560. The summed E-state index contributed by atoms with van der Waals surface area (Å²) in [5.41, 5.74) is 1.80. The van der Waals surface area contributed by atoms with E-state index in [9.17, 15) is 14.7 Å². The molecule has 0 bridgehead atoms. The van der Waals surface area contributed by atoms with Crippen LogP contribution in [0.5, 0.6) is 28.7 Å². The number of methoxy groups -OCH3 is 5. The maximum absolute atomic E-state index is 14.1. The molecule has 0 N–H and O–H groups in total. The number of rotatable bonds is 11. The number of hydrogen-bond donors (Lipinski definition) is 0. The molecule has 0 spiro atoms. The van der Waals surface area contributed by atoms with Crippen LogP contribution in [0.1, 0.15) is 21.5 Å². The molecule has 202 valence electrons. The average molecular weight is 573 g/mol. The molecule has 4 aromatic rings. The number of carbonyl (C=O) groups is 2. The van der Waals surface area contributed by atoms with Crippen LogP contribution in [0.3, 0.4) is 0 Å². The molecule has 3 aromatic carbocycles. The van der Waals surface area contributed by atoms with Crippen LogP contribution in [0.2, 0.25) is 0 Å². The number of fused-ring (bicyclic) bond motifs is 1. The molecule has 0 aliphatic rings. The summed E-state index contributed by atoms with van der Waals surface area (Å²) < 4.78 is 35.3. The van der Waals surface area contributed by atoms with Crippen molar-refractivity contribution in [3.63, 3.8) is 0 Å². The fourth-order valence-electron chi connectivity index (χ4n) is 4.22. The minimum absolute atomic E-state index is 0. The molecule has 0 fully saturated rings. The smallest absolute Gasteiger partial charge is 0.545 e. The van der Waals surface area contributed by atoms with Crippen molar-refractivity contribution < 1.29 is 67.9 Å². The predicted octanol–water partition coefficient (Wildman–Crippen LogP) is 0.367. The number of aromatic nitrogens is 2. The second-order valence-electron chi connectivity index (χ2n) is 8.22. The third-order valence-electron chi connectivity index (χ3n) is 6.08. The van der Waals surface area contributed by atoms with E-state index in [0.29, 0.717) is 33.8 Å². The van der Waals surface area contributed by atoms with Gasteiger partial charge in [-0.15, -0.1) is 0 Å². The number of hydrogen-bond acceptors (Lipinski definition) is 11. The Hall–Kier alpha value is -3.64. The Morgan fingerprint density at radius 1 is 0.725 bits per heavy atom. The summed E-state index contributed by atoms with van der Waals surface area (Å²) >= 11 is 1.00. The van der Waals surface area contributed by atoms with Crippen molar-refractivity contribution in [3.8, 4) is 28.7 Å². The third-order valence-corrected chi connectivity index (χ3v) is 6.63. The summed E-state index contributed by atoms with van der Waals surface area (Å²) in [6.07, 6.45) is -0.0630. The first-order valence-electron chi connectivity index (χ1n) is 11.6. The second-order valence-corrected chi connectivity index (χ2v) is 8.75. The van der Waals surface area contributed by atoms with E-state index >= 15 is 0 Å². The SMILES string of the molecule is COc1ccc(C/C(C(=O)c2cc(OC)c(OC)c(OC)c2)=C(\C(=O)[O-])c2ccc3nsnc3c2)cc1OC.[Na+]. The molecule has 0 aliphatic heterocycles. The van der Waals surface area contributed by atoms with E-state index in [-0.39, 0.29) is 69.8 Å². The predicted molar refractivity (Wildman–Crippen MR) is 143 cm³/mol. The van der Waals surface area contributed by atoms with Crippen LogP contribution >= 0.6 is 11.7 Å². The molecule has 10 nitrogen and oxygen atoms in total. The molecule has 1 heterocycles. The van der Waals surface area contributed by atoms with Crippen LogP contribution in [-0.2, 0) is 11.2 Å². The first-order valence-corrected chi connectivity index (χ1v) is 12.3. The average Bonchev–Trinajstić information content (AvgIpc) is 3.43. The zero-order valence-corrected chi connectivity index (χ0v) is 25.7. The van der Waals surface area contributed by atoms with Gasteiger partial charge in [0.25, 0.3) is 0 Å². The number of carboxylic acid groups (broad SMARTS) is 1. The Balaban J connectivity index is 0.00000441. The van der Waals surface area contributed by atoms with Crippen molar-refractivity contribution >= 4 is 40.1 Å². The minimum atomic E-state index is -1.52. The van der Waals surface area contributed by atoms with E-state index < -0.39 is 11.8 Å². The zero-order chi connectivity index (χ0) is 28.1. The van der Waals surface area contributed by atoms with Crippen molar-refractivity contribution in [1.29, 1.82) is 0 Å². The molecular formula is C28H25N2NaO8S. The van der Waals surface area contributed by atoms with Crippen LogP contribution in [-0.4, -0.2) is 56.0 Å². The van der Waals surface area contributed by atoms with Crippen molar-refractivity contribution in [2.45, 2.75) is 6.42 Å². The quantitative estimate of drug-likeness (QED) is 0.141. The molecule has 0 radical (unpaired) electrons. The number of carboxylic acids is 1. The van der Waals surface area contributed by atoms with Crippen LogP contribution in [0, 0.1) is 0 Å². The second kappa shape index (κ2) is 13.6. The molecule has 0 amide bonds. The van der Waals surface area contributed by atoms with Crippen molar-refractivity contribution in [2.75, 3.05) is 35.5 Å². The van der Waals surface area contributed by atoms with E-state index in [0.717, 1.165) is 11.7 Å². The summed E-state index contributed by atoms with van der Waals surface area (Å²) in [5.74, 6) is -0.382. The molecule has 1 aromatic heterocycles. The summed E-state index contributed by atoms with van der Waals surface area (Å²) in [6.45, 7) is 0. The fourth-order valence-corrected chi connectivity index (χ4v) is 4.73. The van der Waals surface area contributed by atoms with E-state index in [1.54, 1.807) is 36.4 Å². The number of Topliss-reactive ketones (excluding diaryl/α,β-unsaturated/α-hetero) is 1. The van der Waals surface area contributed by atoms with Gasteiger partial charge in [0.05, 0.1) is 53.2 Å². The monoisotopic (exact) mass is 572 g/mol. The molecule has 0 aliphatic carbocycles. The summed E-state index contributed by atoms with van der Waals surface area (Å²) in [5, 5.41) is 12.6. The molecule has 0 saturated heterocycles. The van der Waals surface area contributed by atoms with Crippen LogP contribution in [0.15, 0.2) is 54.1 Å². The maximum atomic E-state index is 14.1. The van der Waals surface area contributed by atoms with Gasteiger partial charge in [-0.2, -0.15) is 8.75 Å². The third kappa shape index (κ3) is 6.23. The van der Waals surface area contributed by atoms with Crippen LogP contribution in [0.4, 0.5) is 0 Å². The molecule has 12 heteroatoms. The van der Waals surface area contributed by atoms with Crippen LogP contribution in [0.25, 0.3) is 16.6 Å². The van der Waals surface area contributed by atoms with Gasteiger partial charge in [-0.25, -0.2) is 0 Å². The topological polar surface area (TPSA) is 129 Å².